The van der Waals surface area contributed by atoms with Crippen molar-refractivity contribution in [3.05, 3.63) is 59.4 Å². The highest BCUT2D eigenvalue weighted by atomic mass is 16.5. The Morgan fingerprint density at radius 3 is 2.89 bits per heavy atom. The number of benzene rings is 2. The second kappa shape index (κ2) is 6.16. The van der Waals surface area contributed by atoms with Crippen LogP contribution in [0.15, 0.2) is 46.9 Å². The molecule has 1 atom stereocenters. The fourth-order valence-electron chi connectivity index (χ4n) is 3.00. The minimum atomic E-state index is -1.05. The average Bonchev–Trinajstić information content (AvgIpc) is 3.18. The van der Waals surface area contributed by atoms with Crippen molar-refractivity contribution >= 4 is 28.5 Å². The molecular formula is C19H13N3O5. The lowest BCUT2D eigenvalue weighted by atomic mass is 10.1. The number of fused-ring (bicyclic) bond motifs is 2. The summed E-state index contributed by atoms with van der Waals surface area (Å²) < 4.78 is 10.3. The van der Waals surface area contributed by atoms with Gasteiger partial charge in [-0.05, 0) is 42.5 Å². The summed E-state index contributed by atoms with van der Waals surface area (Å²) in [7, 11) is 1.50. The maximum absolute atomic E-state index is 12.5. The van der Waals surface area contributed by atoms with Crippen molar-refractivity contribution in [2.75, 3.05) is 12.4 Å². The molecule has 3 aromatic rings. The number of aliphatic hydroxyl groups is 1. The SMILES string of the molecule is CN1C(=O)c2ccc(NC(=O)c3cc4cc(OC#N)ccc4o3)cc2C1O. The number of rotatable bonds is 3. The highest BCUT2D eigenvalue weighted by Crippen LogP contribution is 2.32. The maximum atomic E-state index is 12.5. The topological polar surface area (TPSA) is 116 Å². The first-order valence-electron chi connectivity index (χ1n) is 7.98. The van der Waals surface area contributed by atoms with Crippen LogP contribution >= 0.6 is 0 Å². The van der Waals surface area contributed by atoms with Crippen molar-refractivity contribution < 1.29 is 23.8 Å². The van der Waals surface area contributed by atoms with E-state index < -0.39 is 12.1 Å². The van der Waals surface area contributed by atoms with E-state index in [0.29, 0.717) is 33.5 Å². The number of nitrogens with one attached hydrogen (secondary N) is 1. The Morgan fingerprint density at radius 2 is 2.11 bits per heavy atom. The Bertz CT molecular complexity index is 1130. The summed E-state index contributed by atoms with van der Waals surface area (Å²) in [5.74, 6) is -0.336. The van der Waals surface area contributed by atoms with Crippen LogP contribution < -0.4 is 10.1 Å². The number of nitriles is 1. The average molecular weight is 363 g/mol. The summed E-state index contributed by atoms with van der Waals surface area (Å²) in [6, 6.07) is 11.0. The molecule has 1 aliphatic heterocycles. The molecule has 2 N–H and O–H groups in total. The lowest BCUT2D eigenvalue weighted by Crippen LogP contribution is -2.22. The highest BCUT2D eigenvalue weighted by molar-refractivity contribution is 6.05. The normalized spacial score (nSPS) is 15.5. The van der Waals surface area contributed by atoms with Gasteiger partial charge < -0.3 is 24.5 Å². The van der Waals surface area contributed by atoms with Crippen LogP contribution in [0.25, 0.3) is 11.0 Å². The molecule has 8 nitrogen and oxygen atoms in total. The molecule has 134 valence electrons. The molecule has 4 rings (SSSR count). The number of aliphatic hydroxyl groups excluding tert-OH is 1. The Balaban J connectivity index is 1.59. The molecule has 0 bridgehead atoms. The third kappa shape index (κ3) is 2.76. The third-order valence-electron chi connectivity index (χ3n) is 4.38. The molecule has 1 unspecified atom stereocenters. The van der Waals surface area contributed by atoms with Crippen LogP contribution in [0, 0.1) is 11.5 Å². The van der Waals surface area contributed by atoms with Crippen LogP contribution in [0.4, 0.5) is 5.69 Å². The van der Waals surface area contributed by atoms with Gasteiger partial charge in [0.05, 0.1) is 0 Å². The van der Waals surface area contributed by atoms with Crippen molar-refractivity contribution in [1.29, 1.82) is 5.26 Å². The summed E-state index contributed by atoms with van der Waals surface area (Å²) in [6.45, 7) is 0. The number of ether oxygens (including phenoxy) is 1. The van der Waals surface area contributed by atoms with E-state index in [1.54, 1.807) is 42.7 Å². The number of anilines is 1. The molecule has 27 heavy (non-hydrogen) atoms. The van der Waals surface area contributed by atoms with Crippen molar-refractivity contribution in [2.24, 2.45) is 0 Å². The molecule has 8 heteroatoms. The molecule has 0 saturated heterocycles. The van der Waals surface area contributed by atoms with Gasteiger partial charge in [-0.3, -0.25) is 9.59 Å². The van der Waals surface area contributed by atoms with E-state index >= 15 is 0 Å². The number of carbonyl (C=O) groups is 2. The first-order chi connectivity index (χ1) is 13.0. The van der Waals surface area contributed by atoms with Crippen molar-refractivity contribution in [1.82, 2.24) is 4.90 Å². The molecule has 0 saturated carbocycles. The van der Waals surface area contributed by atoms with Gasteiger partial charge in [0.15, 0.2) is 12.0 Å². The summed E-state index contributed by atoms with van der Waals surface area (Å²) in [6.07, 6.45) is 0.536. The predicted molar refractivity (Wildman–Crippen MR) is 93.9 cm³/mol. The summed E-state index contributed by atoms with van der Waals surface area (Å²) in [4.78, 5) is 25.7. The smallest absolute Gasteiger partial charge is 0.292 e. The minimum Gasteiger partial charge on any atom is -0.451 e. The van der Waals surface area contributed by atoms with Crippen molar-refractivity contribution in [3.63, 3.8) is 0 Å². The Labute approximate surface area is 153 Å². The zero-order valence-corrected chi connectivity index (χ0v) is 14.1. The Hall–Kier alpha value is -3.83. The Kier molecular flexibility index (Phi) is 3.79. The van der Waals surface area contributed by atoms with Gasteiger partial charge in [-0.2, -0.15) is 0 Å². The number of hydrogen-bond donors (Lipinski definition) is 2. The predicted octanol–water partition coefficient (Wildman–Crippen LogP) is 2.62. The van der Waals surface area contributed by atoms with E-state index in [4.69, 9.17) is 14.4 Å². The monoisotopic (exact) mass is 363 g/mol. The quantitative estimate of drug-likeness (QED) is 0.691. The van der Waals surface area contributed by atoms with Crippen LogP contribution in [0.3, 0.4) is 0 Å². The molecule has 0 fully saturated rings. The van der Waals surface area contributed by atoms with Gasteiger partial charge >= 0.3 is 0 Å². The molecule has 0 spiro atoms. The van der Waals surface area contributed by atoms with Crippen LogP contribution in [0.5, 0.6) is 5.75 Å². The van der Waals surface area contributed by atoms with E-state index in [2.05, 4.69) is 5.32 Å². The van der Waals surface area contributed by atoms with Crippen molar-refractivity contribution in [2.45, 2.75) is 6.23 Å². The number of furan rings is 1. The van der Waals surface area contributed by atoms with E-state index in [0.717, 1.165) is 0 Å². The molecule has 1 aromatic heterocycles. The first kappa shape index (κ1) is 16.6. The van der Waals surface area contributed by atoms with E-state index in [9.17, 15) is 14.7 Å². The van der Waals surface area contributed by atoms with Crippen LogP contribution in [-0.2, 0) is 0 Å². The number of nitrogens with zero attached hydrogens (tertiary/aromatic N) is 2. The number of amides is 2. The zero-order valence-electron chi connectivity index (χ0n) is 14.1. The first-order valence-corrected chi connectivity index (χ1v) is 7.98. The summed E-state index contributed by atoms with van der Waals surface area (Å²) in [5.41, 5.74) is 1.73. The van der Waals surface area contributed by atoms with Gasteiger partial charge in [-0.25, -0.2) is 0 Å². The molecule has 1 aliphatic rings. The standard InChI is InChI=1S/C19H13N3O5/c1-22-18(24)13-4-2-11(8-14(13)19(22)25)21-17(23)16-7-10-6-12(26-9-20)3-5-15(10)27-16/h2-8,19,25H,1H3,(H,21,23). The maximum Gasteiger partial charge on any atom is 0.292 e. The largest absolute Gasteiger partial charge is 0.451 e. The van der Waals surface area contributed by atoms with E-state index in [1.165, 1.54) is 18.0 Å². The van der Waals surface area contributed by atoms with E-state index in [1.807, 2.05) is 0 Å². The van der Waals surface area contributed by atoms with Gasteiger partial charge in [0.2, 0.25) is 0 Å². The second-order valence-corrected chi connectivity index (χ2v) is 6.05. The summed E-state index contributed by atoms with van der Waals surface area (Å²) >= 11 is 0. The van der Waals surface area contributed by atoms with Gasteiger partial charge in [0, 0.05) is 29.2 Å². The van der Waals surface area contributed by atoms with Gasteiger partial charge in [0.1, 0.15) is 11.3 Å². The van der Waals surface area contributed by atoms with Crippen LogP contribution in [0.2, 0.25) is 0 Å². The van der Waals surface area contributed by atoms with Crippen LogP contribution in [-0.4, -0.2) is 28.9 Å². The lowest BCUT2D eigenvalue weighted by molar-refractivity contribution is 0.0301. The van der Waals surface area contributed by atoms with Gasteiger partial charge in [0.25, 0.3) is 18.1 Å². The third-order valence-corrected chi connectivity index (χ3v) is 4.38. The number of carbonyl (C=O) groups excluding carboxylic acids is 2. The second-order valence-electron chi connectivity index (χ2n) is 6.05. The van der Waals surface area contributed by atoms with E-state index in [-0.39, 0.29) is 11.7 Å². The summed E-state index contributed by atoms with van der Waals surface area (Å²) in [5, 5.41) is 22.0. The minimum absolute atomic E-state index is 0.0772. The van der Waals surface area contributed by atoms with Gasteiger partial charge in [-0.1, -0.05) is 0 Å². The van der Waals surface area contributed by atoms with Crippen LogP contribution in [0.1, 0.15) is 32.7 Å². The molecular weight excluding hydrogens is 350 g/mol. The molecule has 0 aliphatic carbocycles. The fraction of sp³-hybridized carbons (Fsp3) is 0.105. The molecule has 0 radical (unpaired) electrons. The fourth-order valence-corrected chi connectivity index (χ4v) is 3.00. The van der Waals surface area contributed by atoms with Crippen molar-refractivity contribution in [3.8, 4) is 12.0 Å². The number of hydrogen-bond acceptors (Lipinski definition) is 6. The lowest BCUT2D eigenvalue weighted by Gasteiger charge is -2.13. The highest BCUT2D eigenvalue weighted by Gasteiger charge is 2.32. The zero-order chi connectivity index (χ0) is 19.1. The molecule has 2 aromatic carbocycles. The Morgan fingerprint density at radius 1 is 1.30 bits per heavy atom. The molecule has 2 heterocycles. The molecule has 2 amide bonds. The van der Waals surface area contributed by atoms with Gasteiger partial charge in [-0.15, -0.1) is 5.26 Å².